The monoisotopic (exact) mass is 660 g/mol. The van der Waals surface area contributed by atoms with E-state index in [1.807, 2.05) is 97.1 Å². The quantitative estimate of drug-likeness (QED) is 0.162. The molecule has 0 saturated carbocycles. The third-order valence-corrected chi connectivity index (χ3v) is 9.77. The van der Waals surface area contributed by atoms with Crippen LogP contribution in [0.1, 0.15) is 33.4 Å². The second-order valence-corrected chi connectivity index (χ2v) is 12.3. The summed E-state index contributed by atoms with van der Waals surface area (Å²) < 4.78 is 36.9. The zero-order valence-corrected chi connectivity index (χ0v) is 28.3. The Balaban J connectivity index is 1.37. The molecule has 0 atom stereocenters. The van der Waals surface area contributed by atoms with E-state index in [1.54, 1.807) is 28.4 Å². The number of rotatable bonds is 8. The summed E-state index contributed by atoms with van der Waals surface area (Å²) in [5.74, 6) is 4.37. The Bertz CT molecular complexity index is 1980. The maximum absolute atomic E-state index is 7.42. The highest BCUT2D eigenvalue weighted by Gasteiger charge is 2.44. The lowest BCUT2D eigenvalue weighted by Gasteiger charge is -2.41. The van der Waals surface area contributed by atoms with Crippen molar-refractivity contribution in [1.82, 2.24) is 0 Å². The van der Waals surface area contributed by atoms with Crippen LogP contribution < -0.4 is 28.4 Å². The van der Waals surface area contributed by atoms with Crippen molar-refractivity contribution in [3.05, 3.63) is 167 Å². The molecule has 6 heteroatoms. The summed E-state index contributed by atoms with van der Waals surface area (Å²) in [6.07, 6.45) is 8.60. The topological polar surface area (TPSA) is 55.4 Å². The number of ether oxygens (including phenoxy) is 6. The maximum atomic E-state index is 7.42. The molecule has 2 heterocycles. The molecule has 0 N–H and O–H groups in total. The van der Waals surface area contributed by atoms with E-state index in [0.717, 1.165) is 67.2 Å². The van der Waals surface area contributed by atoms with Gasteiger partial charge >= 0.3 is 0 Å². The third-order valence-electron chi connectivity index (χ3n) is 9.77. The fourth-order valence-electron chi connectivity index (χ4n) is 7.08. The number of hydrogen-bond donors (Lipinski definition) is 0. The summed E-state index contributed by atoms with van der Waals surface area (Å²) in [6.45, 7) is 0. The Morgan fingerprint density at radius 2 is 0.660 bits per heavy atom. The Morgan fingerprint density at radius 3 is 0.920 bits per heavy atom. The van der Waals surface area contributed by atoms with Gasteiger partial charge in [-0.2, -0.15) is 0 Å². The first-order valence-corrected chi connectivity index (χ1v) is 16.5. The van der Waals surface area contributed by atoms with Crippen LogP contribution in [0.3, 0.4) is 0 Å². The van der Waals surface area contributed by atoms with Gasteiger partial charge in [0.2, 0.25) is 0 Å². The molecule has 6 aromatic rings. The first kappa shape index (κ1) is 31.1. The highest BCUT2D eigenvalue weighted by Crippen LogP contribution is 2.55. The van der Waals surface area contributed by atoms with Gasteiger partial charge in [0.05, 0.1) is 28.4 Å². The standard InChI is InChI=1S/C44H36O6/c1-45-33-17-9-29(10-18-33)43(30-11-19-34(46-2)20-12-30)27-25-39-37-7-5-6-8-38(37)40-26-28-44(50-42(40)41(39)49-43,31-13-21-35(47-3)22-14-31)32-15-23-36(48-4)24-16-32/h5-28H,1-4H3. The average molecular weight is 661 g/mol. The van der Waals surface area contributed by atoms with Gasteiger partial charge in [-0.25, -0.2) is 0 Å². The molecule has 6 aromatic carbocycles. The van der Waals surface area contributed by atoms with Crippen LogP contribution in [0.25, 0.3) is 22.9 Å². The highest BCUT2D eigenvalue weighted by molar-refractivity contribution is 6.02. The van der Waals surface area contributed by atoms with Crippen molar-refractivity contribution in [2.75, 3.05) is 28.4 Å². The molecule has 2 aliphatic heterocycles. The number of hydrogen-bond acceptors (Lipinski definition) is 6. The first-order chi connectivity index (χ1) is 24.5. The van der Waals surface area contributed by atoms with E-state index in [0.29, 0.717) is 11.5 Å². The molecular formula is C44H36O6. The normalized spacial score (nSPS) is 14.9. The third kappa shape index (κ3) is 4.95. The summed E-state index contributed by atoms with van der Waals surface area (Å²) in [6, 6.07) is 40.4. The number of methoxy groups -OCH3 is 4. The van der Waals surface area contributed by atoms with Gasteiger partial charge in [-0.15, -0.1) is 0 Å². The Labute approximate surface area is 291 Å². The van der Waals surface area contributed by atoms with Gasteiger partial charge in [0.1, 0.15) is 23.0 Å². The summed E-state index contributed by atoms with van der Waals surface area (Å²) >= 11 is 0. The van der Waals surface area contributed by atoms with E-state index in [2.05, 4.69) is 48.6 Å². The maximum Gasteiger partial charge on any atom is 0.178 e. The van der Waals surface area contributed by atoms with E-state index in [-0.39, 0.29) is 0 Å². The lowest BCUT2D eigenvalue weighted by Crippen LogP contribution is -2.37. The molecular weight excluding hydrogens is 624 g/mol. The summed E-state index contributed by atoms with van der Waals surface area (Å²) in [5, 5.41) is 2.15. The largest absolute Gasteiger partial charge is 0.497 e. The van der Waals surface area contributed by atoms with Gasteiger partial charge < -0.3 is 28.4 Å². The van der Waals surface area contributed by atoms with Crippen LogP contribution in [0.2, 0.25) is 0 Å². The van der Waals surface area contributed by atoms with E-state index >= 15 is 0 Å². The van der Waals surface area contributed by atoms with E-state index in [1.165, 1.54) is 0 Å². The summed E-state index contributed by atoms with van der Waals surface area (Å²) in [7, 11) is 6.67. The lowest BCUT2D eigenvalue weighted by atomic mass is 9.81. The van der Waals surface area contributed by atoms with Gasteiger partial charge in [0.15, 0.2) is 22.7 Å². The second kappa shape index (κ2) is 12.4. The van der Waals surface area contributed by atoms with Crippen LogP contribution in [0.4, 0.5) is 0 Å². The predicted molar refractivity (Wildman–Crippen MR) is 197 cm³/mol. The molecule has 0 aliphatic carbocycles. The van der Waals surface area contributed by atoms with Crippen LogP contribution in [0.15, 0.2) is 133 Å². The fourth-order valence-corrected chi connectivity index (χ4v) is 7.08. The smallest absolute Gasteiger partial charge is 0.178 e. The molecule has 0 unspecified atom stereocenters. The van der Waals surface area contributed by atoms with Crippen LogP contribution >= 0.6 is 0 Å². The molecule has 2 aliphatic rings. The average Bonchev–Trinajstić information content (AvgIpc) is 3.20. The lowest BCUT2D eigenvalue weighted by molar-refractivity contribution is 0.122. The summed E-state index contributed by atoms with van der Waals surface area (Å²) in [5.41, 5.74) is 3.68. The molecule has 248 valence electrons. The minimum atomic E-state index is -0.991. The molecule has 0 saturated heterocycles. The van der Waals surface area contributed by atoms with Crippen molar-refractivity contribution < 1.29 is 28.4 Å². The van der Waals surface area contributed by atoms with Gasteiger partial charge in [0.25, 0.3) is 0 Å². The minimum absolute atomic E-state index is 0.656. The van der Waals surface area contributed by atoms with Gasteiger partial charge in [-0.1, -0.05) is 72.8 Å². The Hall–Kier alpha value is -6.14. The first-order valence-electron chi connectivity index (χ1n) is 16.5. The molecule has 50 heavy (non-hydrogen) atoms. The Kier molecular flexibility index (Phi) is 7.72. The molecule has 0 radical (unpaired) electrons. The highest BCUT2D eigenvalue weighted by atomic mass is 16.5. The van der Waals surface area contributed by atoms with Crippen molar-refractivity contribution >= 4 is 22.9 Å². The van der Waals surface area contributed by atoms with E-state index in [4.69, 9.17) is 28.4 Å². The number of fused-ring (bicyclic) bond motifs is 6. The van der Waals surface area contributed by atoms with E-state index in [9.17, 15) is 0 Å². The van der Waals surface area contributed by atoms with Crippen molar-refractivity contribution in [3.8, 4) is 34.5 Å². The van der Waals surface area contributed by atoms with Crippen molar-refractivity contribution in [2.24, 2.45) is 0 Å². The molecule has 0 amide bonds. The van der Waals surface area contributed by atoms with Crippen LogP contribution in [0.5, 0.6) is 34.5 Å². The second-order valence-electron chi connectivity index (χ2n) is 12.3. The molecule has 0 bridgehead atoms. The van der Waals surface area contributed by atoms with Gasteiger partial charge in [-0.05, 0) is 83.6 Å². The van der Waals surface area contributed by atoms with Gasteiger partial charge in [-0.3, -0.25) is 0 Å². The zero-order chi connectivity index (χ0) is 34.3. The van der Waals surface area contributed by atoms with E-state index < -0.39 is 11.2 Å². The zero-order valence-electron chi connectivity index (χ0n) is 28.3. The van der Waals surface area contributed by atoms with Crippen molar-refractivity contribution in [2.45, 2.75) is 11.2 Å². The fraction of sp³-hybridized carbons (Fsp3) is 0.136. The van der Waals surface area contributed by atoms with Crippen molar-refractivity contribution in [3.63, 3.8) is 0 Å². The molecule has 0 spiro atoms. The number of benzene rings is 6. The molecule has 0 fully saturated rings. The SMILES string of the molecule is COc1ccc(C2(c3ccc(OC)cc3)C=Cc3c(c4c(c5ccccc35)C=CC(c3ccc(OC)cc3)(c3ccc(OC)cc3)O4)O2)cc1. The van der Waals surface area contributed by atoms with Crippen LogP contribution in [-0.4, -0.2) is 28.4 Å². The molecule has 8 rings (SSSR count). The predicted octanol–water partition coefficient (Wildman–Crippen LogP) is 9.57. The van der Waals surface area contributed by atoms with Crippen molar-refractivity contribution in [1.29, 1.82) is 0 Å². The summed E-state index contributed by atoms with van der Waals surface area (Å²) in [4.78, 5) is 0. The van der Waals surface area contributed by atoms with Gasteiger partial charge in [0, 0.05) is 33.4 Å². The van der Waals surface area contributed by atoms with Crippen LogP contribution in [0, 0.1) is 0 Å². The molecule has 0 aromatic heterocycles. The minimum Gasteiger partial charge on any atom is -0.497 e. The molecule has 6 nitrogen and oxygen atoms in total. The van der Waals surface area contributed by atoms with Crippen LogP contribution in [-0.2, 0) is 11.2 Å². The Morgan fingerprint density at radius 1 is 0.380 bits per heavy atom.